The molecule has 9 rings (SSSR count). The first-order valence-corrected chi connectivity index (χ1v) is 13.6. The summed E-state index contributed by atoms with van der Waals surface area (Å²) < 4.78 is 5.10. The highest BCUT2D eigenvalue weighted by Gasteiger charge is 2.52. The number of fused-ring (bicyclic) bond motifs is 11. The van der Waals surface area contributed by atoms with Gasteiger partial charge in [-0.3, -0.25) is 0 Å². The molecular weight excluding hydrogens is 459 g/mol. The van der Waals surface area contributed by atoms with Crippen molar-refractivity contribution >= 4 is 45.3 Å². The van der Waals surface area contributed by atoms with Gasteiger partial charge < -0.3 is 9.13 Å². The molecule has 2 aromatic heterocycles. The molecule has 0 N–H and O–H groups in total. The van der Waals surface area contributed by atoms with E-state index in [2.05, 4.69) is 126 Å². The number of nitrogens with zero attached hydrogens (tertiary/aromatic N) is 2. The Labute approximate surface area is 222 Å². The zero-order chi connectivity index (χ0) is 25.1. The van der Waals surface area contributed by atoms with Gasteiger partial charge in [0, 0.05) is 45.3 Å². The Balaban J connectivity index is 1.49. The molecule has 0 saturated heterocycles. The van der Waals surface area contributed by atoms with Crippen LogP contribution in [-0.2, 0) is 0 Å². The summed E-state index contributed by atoms with van der Waals surface area (Å²) in [5.41, 5.74) is 15.2. The molecule has 0 radical (unpaired) electrons. The van der Waals surface area contributed by atoms with Crippen molar-refractivity contribution in [1.82, 2.24) is 9.13 Å². The van der Waals surface area contributed by atoms with Gasteiger partial charge in [-0.1, -0.05) is 91.6 Å². The minimum absolute atomic E-state index is 0.178. The van der Waals surface area contributed by atoms with Crippen molar-refractivity contribution in [3.8, 4) is 16.8 Å². The highest BCUT2D eigenvalue weighted by atomic mass is 15.0. The molecule has 2 nitrogen and oxygen atoms in total. The van der Waals surface area contributed by atoms with Crippen molar-refractivity contribution in [2.24, 2.45) is 0 Å². The average molecular weight is 484 g/mol. The molecule has 0 fully saturated rings. The van der Waals surface area contributed by atoms with Gasteiger partial charge in [-0.15, -0.1) is 0 Å². The van der Waals surface area contributed by atoms with E-state index in [1.807, 2.05) is 6.08 Å². The molecule has 3 heteroatoms. The van der Waals surface area contributed by atoms with E-state index in [9.17, 15) is 0 Å². The first-order valence-electron chi connectivity index (χ1n) is 13.6. The van der Waals surface area contributed by atoms with E-state index >= 15 is 0 Å². The Morgan fingerprint density at radius 3 is 2.45 bits per heavy atom. The van der Waals surface area contributed by atoms with Crippen LogP contribution < -0.4 is 11.1 Å². The van der Waals surface area contributed by atoms with Crippen molar-refractivity contribution in [1.29, 1.82) is 0 Å². The lowest BCUT2D eigenvalue weighted by atomic mass is 9.37. The summed E-state index contributed by atoms with van der Waals surface area (Å²) in [5.74, 6) is 0.875. The third-order valence-electron chi connectivity index (χ3n) is 9.22. The number of hydrogen-bond acceptors (Lipinski definition) is 0. The van der Waals surface area contributed by atoms with E-state index in [-0.39, 0.29) is 6.71 Å². The highest BCUT2D eigenvalue weighted by molar-refractivity contribution is 6.98. The highest BCUT2D eigenvalue weighted by Crippen LogP contribution is 2.56. The fourth-order valence-corrected chi connectivity index (χ4v) is 7.91. The molecule has 0 bridgehead atoms. The van der Waals surface area contributed by atoms with E-state index in [0.717, 1.165) is 0 Å². The van der Waals surface area contributed by atoms with Gasteiger partial charge in [0.1, 0.15) is 0 Å². The fourth-order valence-electron chi connectivity index (χ4n) is 7.91. The zero-order valence-electron chi connectivity index (χ0n) is 21.2. The van der Waals surface area contributed by atoms with Crippen LogP contribution in [0, 0.1) is 0 Å². The Morgan fingerprint density at radius 2 is 1.63 bits per heavy atom. The van der Waals surface area contributed by atoms with E-state index in [1.54, 1.807) is 0 Å². The number of allylic oxidation sites excluding steroid dienone is 9. The molecular formula is C35H25BN2. The number of para-hydroxylation sites is 2. The van der Waals surface area contributed by atoms with Crippen molar-refractivity contribution in [3.05, 3.63) is 133 Å². The van der Waals surface area contributed by atoms with E-state index in [4.69, 9.17) is 0 Å². The fraction of sp³-hybridized carbons (Fsp3) is 0.0857. The largest absolute Gasteiger partial charge is 0.324 e. The minimum Gasteiger partial charge on any atom is -0.324 e. The molecule has 5 aromatic rings. The SMILES string of the molecule is C=C/C=C1\C(=C/C)B2c3c(ccc4c5ccccc5n1c34)-c1c3c(n(-c4ccccc4)c12)[C@@H]1C=CC=CC31. The van der Waals surface area contributed by atoms with Crippen LogP contribution >= 0.6 is 0 Å². The molecule has 1 unspecified atom stereocenters. The molecule has 0 saturated carbocycles. The van der Waals surface area contributed by atoms with Gasteiger partial charge in [-0.05, 0) is 58.8 Å². The second-order valence-corrected chi connectivity index (χ2v) is 10.8. The lowest BCUT2D eigenvalue weighted by Gasteiger charge is -2.38. The Morgan fingerprint density at radius 1 is 0.842 bits per heavy atom. The summed E-state index contributed by atoms with van der Waals surface area (Å²) in [6.07, 6.45) is 15.7. The topological polar surface area (TPSA) is 9.86 Å². The first-order chi connectivity index (χ1) is 18.8. The van der Waals surface area contributed by atoms with Crippen molar-refractivity contribution in [2.45, 2.75) is 18.8 Å². The maximum absolute atomic E-state index is 4.12. The molecule has 4 heterocycles. The number of benzene rings is 3. The van der Waals surface area contributed by atoms with Crippen LogP contribution in [0.2, 0.25) is 0 Å². The van der Waals surface area contributed by atoms with Crippen LogP contribution in [-0.4, -0.2) is 15.8 Å². The van der Waals surface area contributed by atoms with E-state index in [0.29, 0.717) is 11.8 Å². The van der Waals surface area contributed by atoms with Gasteiger partial charge >= 0.3 is 0 Å². The summed E-state index contributed by atoms with van der Waals surface area (Å²) in [6.45, 7) is 6.50. The summed E-state index contributed by atoms with van der Waals surface area (Å²) in [4.78, 5) is 0. The van der Waals surface area contributed by atoms with Gasteiger partial charge in [0.15, 0.2) is 0 Å². The molecule has 2 atom stereocenters. The van der Waals surface area contributed by atoms with Gasteiger partial charge in [-0.25, -0.2) is 0 Å². The quantitative estimate of drug-likeness (QED) is 0.239. The predicted octanol–water partition coefficient (Wildman–Crippen LogP) is 7.01. The molecule has 3 aromatic carbocycles. The standard InChI is InChI=1S/C35H25BN2/c1-3-12-29-27(4-2)36-32-26(20-19-25-22-15-10-11-18-28(22)38(29)34(25)32)31-30-23-16-8-9-17-24(23)33(30)37(35(31)36)21-13-6-5-7-14-21/h3-20,23-24H,1H2,2H3/b27-4+,29-12+/t23?,24-/m1/s1. The Hall–Kier alpha value is -4.50. The van der Waals surface area contributed by atoms with Crippen molar-refractivity contribution < 1.29 is 0 Å². The smallest absolute Gasteiger partial charge is 0.268 e. The summed E-state index contributed by atoms with van der Waals surface area (Å²) in [7, 11) is 0. The molecule has 38 heavy (non-hydrogen) atoms. The minimum atomic E-state index is 0.178. The summed E-state index contributed by atoms with van der Waals surface area (Å²) in [6, 6.07) is 24.6. The van der Waals surface area contributed by atoms with Crippen molar-refractivity contribution in [2.75, 3.05) is 0 Å². The average Bonchev–Trinajstić information content (AvgIpc) is 3.56. The van der Waals surface area contributed by atoms with Crippen LogP contribution in [0.15, 0.2) is 121 Å². The van der Waals surface area contributed by atoms with E-state index in [1.165, 1.54) is 72.1 Å². The third-order valence-corrected chi connectivity index (χ3v) is 9.22. The van der Waals surface area contributed by atoms with Gasteiger partial charge in [0.05, 0.1) is 11.0 Å². The molecule has 178 valence electrons. The van der Waals surface area contributed by atoms with E-state index < -0.39 is 0 Å². The van der Waals surface area contributed by atoms with Gasteiger partial charge in [0.2, 0.25) is 0 Å². The van der Waals surface area contributed by atoms with Crippen molar-refractivity contribution in [3.63, 3.8) is 0 Å². The molecule has 2 aliphatic heterocycles. The Bertz CT molecular complexity index is 2010. The van der Waals surface area contributed by atoms with Crippen LogP contribution in [0.5, 0.6) is 0 Å². The van der Waals surface area contributed by atoms with Crippen LogP contribution in [0.25, 0.3) is 44.3 Å². The summed E-state index contributed by atoms with van der Waals surface area (Å²) in [5, 5.41) is 2.65. The maximum Gasteiger partial charge on any atom is 0.268 e. The molecule has 0 amide bonds. The number of rotatable bonds is 2. The molecule has 2 aliphatic carbocycles. The maximum atomic E-state index is 4.12. The van der Waals surface area contributed by atoms with Crippen LogP contribution in [0.1, 0.15) is 30.0 Å². The lowest BCUT2D eigenvalue weighted by molar-refractivity contribution is 0.606. The van der Waals surface area contributed by atoms with Crippen LogP contribution in [0.3, 0.4) is 0 Å². The normalized spacial score (nSPS) is 21.8. The number of hydrogen-bond donors (Lipinski definition) is 0. The second-order valence-electron chi connectivity index (χ2n) is 10.8. The monoisotopic (exact) mass is 484 g/mol. The third kappa shape index (κ3) is 2.20. The van der Waals surface area contributed by atoms with Crippen LogP contribution in [0.4, 0.5) is 0 Å². The predicted molar refractivity (Wildman–Crippen MR) is 161 cm³/mol. The molecule has 0 spiro atoms. The van der Waals surface area contributed by atoms with Gasteiger partial charge in [-0.2, -0.15) is 0 Å². The first kappa shape index (κ1) is 20.5. The zero-order valence-corrected chi connectivity index (χ0v) is 21.2. The number of aromatic nitrogens is 2. The Kier molecular flexibility index (Phi) is 3.83. The molecule has 4 aliphatic rings. The van der Waals surface area contributed by atoms with Gasteiger partial charge in [0.25, 0.3) is 6.71 Å². The lowest BCUT2D eigenvalue weighted by Crippen LogP contribution is -2.48. The summed E-state index contributed by atoms with van der Waals surface area (Å²) >= 11 is 0. The second kappa shape index (κ2) is 7.08.